The molecule has 4 aromatic heterocycles. The first-order valence-electron chi connectivity index (χ1n) is 15.7. The van der Waals surface area contributed by atoms with Crippen LogP contribution >= 0.6 is 0 Å². The van der Waals surface area contributed by atoms with E-state index < -0.39 is 0 Å². The van der Waals surface area contributed by atoms with E-state index in [9.17, 15) is 0 Å². The Morgan fingerprint density at radius 3 is 1.96 bits per heavy atom. The fourth-order valence-corrected chi connectivity index (χ4v) is 7.98. The molecule has 0 amide bonds. The molecule has 0 saturated carbocycles. The van der Waals surface area contributed by atoms with Crippen molar-refractivity contribution < 1.29 is 0 Å². The fourth-order valence-electron chi connectivity index (χ4n) is 7.98. The van der Waals surface area contributed by atoms with Gasteiger partial charge in [0.25, 0.3) is 0 Å². The van der Waals surface area contributed by atoms with Crippen molar-refractivity contribution in [3.05, 3.63) is 146 Å². The lowest BCUT2D eigenvalue weighted by Crippen LogP contribution is -2.04. The molecule has 0 atom stereocenters. The summed E-state index contributed by atoms with van der Waals surface area (Å²) < 4.78 is 4.81. The zero-order valence-corrected chi connectivity index (χ0v) is 24.6. The van der Waals surface area contributed by atoms with Gasteiger partial charge in [-0.1, -0.05) is 121 Å². The van der Waals surface area contributed by atoms with E-state index >= 15 is 0 Å². The minimum atomic E-state index is 0.674. The van der Waals surface area contributed by atoms with Gasteiger partial charge in [0.15, 0.2) is 0 Å². The van der Waals surface area contributed by atoms with Crippen LogP contribution < -0.4 is 0 Å². The Balaban J connectivity index is 1.44. The van der Waals surface area contributed by atoms with Crippen molar-refractivity contribution in [2.45, 2.75) is 0 Å². The smallest absolute Gasteiger partial charge is 0.235 e. The molecule has 0 radical (unpaired) electrons. The van der Waals surface area contributed by atoms with Crippen molar-refractivity contribution in [3.63, 3.8) is 0 Å². The van der Waals surface area contributed by atoms with Gasteiger partial charge in [-0.15, -0.1) is 0 Å². The van der Waals surface area contributed by atoms with Gasteiger partial charge in [-0.05, 0) is 35.0 Å². The molecule has 4 nitrogen and oxygen atoms in total. The number of rotatable bonds is 2. The van der Waals surface area contributed by atoms with Gasteiger partial charge >= 0.3 is 0 Å². The second-order valence-electron chi connectivity index (χ2n) is 12.2. The second-order valence-corrected chi connectivity index (χ2v) is 12.2. The molecule has 0 spiro atoms. The van der Waals surface area contributed by atoms with Gasteiger partial charge in [-0.3, -0.25) is 4.57 Å². The van der Waals surface area contributed by atoms with E-state index in [1.807, 2.05) is 6.07 Å². The molecule has 0 saturated heterocycles. The molecule has 0 unspecified atom stereocenters. The van der Waals surface area contributed by atoms with Crippen molar-refractivity contribution in [2.24, 2.45) is 0 Å². The van der Waals surface area contributed by atoms with Crippen molar-refractivity contribution in [1.29, 1.82) is 0 Å². The summed E-state index contributed by atoms with van der Waals surface area (Å²) in [5, 5.41) is 10.9. The maximum atomic E-state index is 5.39. The van der Waals surface area contributed by atoms with Crippen molar-refractivity contribution >= 4 is 81.6 Å². The number of aromatic nitrogens is 4. The van der Waals surface area contributed by atoms with Gasteiger partial charge in [0.05, 0.1) is 38.8 Å². The summed E-state index contributed by atoms with van der Waals surface area (Å²) in [6.45, 7) is 0. The van der Waals surface area contributed by atoms with Crippen LogP contribution in [0.15, 0.2) is 146 Å². The van der Waals surface area contributed by atoms with Crippen LogP contribution in [-0.2, 0) is 0 Å². The maximum Gasteiger partial charge on any atom is 0.235 e. The Hall–Kier alpha value is -6.26. The van der Waals surface area contributed by atoms with Gasteiger partial charge in [0.2, 0.25) is 5.95 Å². The lowest BCUT2D eigenvalue weighted by atomic mass is 10.0. The zero-order chi connectivity index (χ0) is 29.9. The fraction of sp³-hybridized carbons (Fsp3) is 0. The third-order valence-corrected chi connectivity index (χ3v) is 9.82. The summed E-state index contributed by atoms with van der Waals surface area (Å²) >= 11 is 0. The standard InChI is InChI=1S/C42H24N4/c1-2-12-25(13-3-1)39-32-17-6-8-21-33(32)43-42(44-39)46-35-23-11-18-29-31-20-10-19-30-28-16-7-9-22-34(28)45(40(30)31)36-24-26-14-4-5-15-27(26)41(46)38(36)37(29)35/h1-24H. The van der Waals surface area contributed by atoms with Crippen LogP contribution in [0.1, 0.15) is 0 Å². The second kappa shape index (κ2) is 8.68. The van der Waals surface area contributed by atoms with Crippen LogP contribution in [0.5, 0.6) is 0 Å². The third-order valence-electron chi connectivity index (χ3n) is 9.82. The first-order valence-corrected chi connectivity index (χ1v) is 15.7. The Morgan fingerprint density at radius 1 is 0.413 bits per heavy atom. The van der Waals surface area contributed by atoms with E-state index in [4.69, 9.17) is 9.97 Å². The van der Waals surface area contributed by atoms with E-state index in [1.54, 1.807) is 0 Å². The van der Waals surface area contributed by atoms with E-state index in [0.717, 1.165) is 33.2 Å². The molecule has 4 heterocycles. The maximum absolute atomic E-state index is 5.39. The van der Waals surface area contributed by atoms with E-state index in [0.29, 0.717) is 5.95 Å². The zero-order valence-electron chi connectivity index (χ0n) is 24.6. The number of hydrogen-bond acceptors (Lipinski definition) is 2. The molecule has 212 valence electrons. The monoisotopic (exact) mass is 584 g/mol. The van der Waals surface area contributed by atoms with E-state index in [-0.39, 0.29) is 0 Å². The average Bonchev–Trinajstić information content (AvgIpc) is 3.61. The van der Waals surface area contributed by atoms with E-state index in [1.165, 1.54) is 59.6 Å². The normalized spacial score (nSPS) is 12.3. The molecule has 11 rings (SSSR count). The first-order chi connectivity index (χ1) is 22.8. The van der Waals surface area contributed by atoms with Crippen LogP contribution in [0.25, 0.3) is 98.8 Å². The largest absolute Gasteiger partial charge is 0.308 e. The SMILES string of the molecule is c1ccc(-c2nc(-n3c4cccc5c6cccc7c8ccccc8n(c8cc9ccccc9c3c8c54)c67)nc3ccccc23)cc1. The minimum Gasteiger partial charge on any atom is -0.308 e. The lowest BCUT2D eigenvalue weighted by Gasteiger charge is -2.13. The average molecular weight is 585 g/mol. The summed E-state index contributed by atoms with van der Waals surface area (Å²) in [5.74, 6) is 0.674. The summed E-state index contributed by atoms with van der Waals surface area (Å²) in [7, 11) is 0. The van der Waals surface area contributed by atoms with Crippen LogP contribution in [0.4, 0.5) is 0 Å². The lowest BCUT2D eigenvalue weighted by molar-refractivity contribution is 1.02. The highest BCUT2D eigenvalue weighted by molar-refractivity contribution is 6.34. The predicted octanol–water partition coefficient (Wildman–Crippen LogP) is 10.7. The molecule has 0 N–H and O–H groups in total. The summed E-state index contributed by atoms with van der Waals surface area (Å²) in [5.41, 5.74) is 8.81. The molecule has 0 fully saturated rings. The molecular formula is C42H24N4. The number of para-hydroxylation sites is 3. The Kier molecular flexibility index (Phi) is 4.55. The molecule has 11 aromatic rings. The van der Waals surface area contributed by atoms with Gasteiger partial charge < -0.3 is 4.40 Å². The Bertz CT molecular complexity index is 3020. The van der Waals surface area contributed by atoms with Gasteiger partial charge in [-0.25, -0.2) is 9.97 Å². The Morgan fingerprint density at radius 2 is 1.07 bits per heavy atom. The summed E-state index contributed by atoms with van der Waals surface area (Å²) in [6.07, 6.45) is 0. The molecule has 0 aliphatic carbocycles. The number of hydrogen-bond donors (Lipinski definition) is 0. The molecule has 7 aromatic carbocycles. The van der Waals surface area contributed by atoms with Crippen LogP contribution in [0.3, 0.4) is 0 Å². The molecular weight excluding hydrogens is 560 g/mol. The van der Waals surface area contributed by atoms with Crippen LogP contribution in [-0.4, -0.2) is 18.9 Å². The highest BCUT2D eigenvalue weighted by Gasteiger charge is 2.25. The molecule has 0 aliphatic rings. The molecule has 0 aliphatic heterocycles. The third kappa shape index (κ3) is 2.98. The topological polar surface area (TPSA) is 35.1 Å². The first kappa shape index (κ1) is 24.1. The molecule has 4 heteroatoms. The van der Waals surface area contributed by atoms with Gasteiger partial charge in [-0.2, -0.15) is 0 Å². The minimum absolute atomic E-state index is 0.674. The van der Waals surface area contributed by atoms with Crippen molar-refractivity contribution in [3.8, 4) is 17.2 Å². The van der Waals surface area contributed by atoms with Crippen LogP contribution in [0, 0.1) is 0 Å². The van der Waals surface area contributed by atoms with Gasteiger partial charge in [0.1, 0.15) is 0 Å². The summed E-state index contributed by atoms with van der Waals surface area (Å²) in [4.78, 5) is 10.7. The van der Waals surface area contributed by atoms with Crippen molar-refractivity contribution in [2.75, 3.05) is 0 Å². The summed E-state index contributed by atoms with van der Waals surface area (Å²) in [6, 6.07) is 52.2. The highest BCUT2D eigenvalue weighted by Crippen LogP contribution is 2.46. The van der Waals surface area contributed by atoms with Gasteiger partial charge in [0, 0.05) is 43.3 Å². The predicted molar refractivity (Wildman–Crippen MR) is 191 cm³/mol. The Labute approximate surface area is 262 Å². The quantitative estimate of drug-likeness (QED) is 0.203. The van der Waals surface area contributed by atoms with Crippen molar-refractivity contribution in [1.82, 2.24) is 18.9 Å². The number of fused-ring (bicyclic) bond motifs is 8. The molecule has 46 heavy (non-hydrogen) atoms. The number of benzene rings is 7. The van der Waals surface area contributed by atoms with E-state index in [2.05, 4.69) is 148 Å². The molecule has 0 bridgehead atoms. The highest BCUT2D eigenvalue weighted by atomic mass is 15.2. The number of nitrogens with zero attached hydrogens (tertiary/aromatic N) is 4. The van der Waals surface area contributed by atoms with Crippen LogP contribution in [0.2, 0.25) is 0 Å².